The number of nitrogens with zero attached hydrogens (tertiary/aromatic N) is 1. The molecule has 2 rings (SSSR count). The van der Waals surface area contributed by atoms with Crippen LogP contribution < -0.4 is 5.32 Å². The molecule has 1 aromatic rings. The number of carbonyl (C=O) groups excluding carboxylic acids is 1. The second-order valence-electron chi connectivity index (χ2n) is 5.82. The summed E-state index contributed by atoms with van der Waals surface area (Å²) < 4.78 is 0. The Bertz CT molecular complexity index is 516. The van der Waals surface area contributed by atoms with E-state index < -0.39 is 17.4 Å². The maximum absolute atomic E-state index is 12.2. The Morgan fingerprint density at radius 1 is 1.43 bits per heavy atom. The molecule has 0 unspecified atom stereocenters. The summed E-state index contributed by atoms with van der Waals surface area (Å²) in [5.74, 6) is -0.800. The molecule has 1 aliphatic rings. The lowest BCUT2D eigenvalue weighted by Gasteiger charge is -2.37. The first-order valence-electron chi connectivity index (χ1n) is 7.61. The summed E-state index contributed by atoms with van der Waals surface area (Å²) in [6.45, 7) is 4.08. The van der Waals surface area contributed by atoms with Crippen molar-refractivity contribution in [1.82, 2.24) is 15.5 Å². The van der Waals surface area contributed by atoms with Crippen LogP contribution in [-0.2, 0) is 11.2 Å². The quantitative estimate of drug-likeness (QED) is 0.775. The molecule has 0 bridgehead atoms. The van der Waals surface area contributed by atoms with Gasteiger partial charge in [0.05, 0.1) is 0 Å². The zero-order chi connectivity index (χ0) is 15.5. The molecule has 1 heterocycles. The van der Waals surface area contributed by atoms with Crippen molar-refractivity contribution in [3.63, 3.8) is 0 Å². The average molecular weight is 293 g/mol. The topological polar surface area (TPSA) is 95.1 Å². The van der Waals surface area contributed by atoms with Crippen LogP contribution in [0.5, 0.6) is 0 Å². The molecule has 6 nitrogen and oxygen atoms in total. The highest BCUT2D eigenvalue weighted by Crippen LogP contribution is 2.34. The Kier molecular flexibility index (Phi) is 4.65. The number of aryl methyl sites for hydroxylation is 1. The van der Waals surface area contributed by atoms with Gasteiger partial charge in [-0.3, -0.25) is 9.89 Å². The van der Waals surface area contributed by atoms with Crippen molar-refractivity contribution < 1.29 is 14.7 Å². The number of carboxylic acid groups (broad SMARTS) is 1. The second-order valence-corrected chi connectivity index (χ2v) is 5.82. The molecule has 0 radical (unpaired) electrons. The van der Waals surface area contributed by atoms with Crippen LogP contribution in [0.2, 0.25) is 0 Å². The number of nitrogens with one attached hydrogen (secondary N) is 2. The Morgan fingerprint density at radius 3 is 2.57 bits per heavy atom. The van der Waals surface area contributed by atoms with Crippen molar-refractivity contribution in [2.24, 2.45) is 5.92 Å². The second kappa shape index (κ2) is 6.28. The van der Waals surface area contributed by atoms with Gasteiger partial charge in [-0.2, -0.15) is 5.10 Å². The zero-order valence-corrected chi connectivity index (χ0v) is 12.6. The van der Waals surface area contributed by atoms with Crippen LogP contribution in [0.3, 0.4) is 0 Å². The van der Waals surface area contributed by atoms with E-state index in [2.05, 4.69) is 22.4 Å². The van der Waals surface area contributed by atoms with Gasteiger partial charge < -0.3 is 10.4 Å². The van der Waals surface area contributed by atoms with Crippen LogP contribution in [0, 0.1) is 5.92 Å². The molecule has 116 valence electrons. The van der Waals surface area contributed by atoms with E-state index in [0.717, 1.165) is 31.4 Å². The number of H-pyrrole nitrogens is 1. The summed E-state index contributed by atoms with van der Waals surface area (Å²) in [7, 11) is 0. The van der Waals surface area contributed by atoms with Gasteiger partial charge in [-0.05, 0) is 44.1 Å². The SMILES string of the molecule is CCc1cc(C(=O)NC2(C(=O)O)CCC(CC)CC2)n[nH]1. The predicted octanol–water partition coefficient (Wildman–Crippen LogP) is 2.13. The first-order chi connectivity index (χ1) is 10.0. The minimum atomic E-state index is -1.14. The Balaban J connectivity index is 2.09. The molecule has 0 aromatic carbocycles. The van der Waals surface area contributed by atoms with Gasteiger partial charge in [-0.1, -0.05) is 20.3 Å². The van der Waals surface area contributed by atoms with Crippen LogP contribution in [-0.4, -0.2) is 32.7 Å². The van der Waals surface area contributed by atoms with E-state index in [1.165, 1.54) is 0 Å². The number of aromatic amines is 1. The summed E-state index contributed by atoms with van der Waals surface area (Å²) >= 11 is 0. The highest BCUT2D eigenvalue weighted by atomic mass is 16.4. The third-order valence-corrected chi connectivity index (χ3v) is 4.54. The molecule has 0 aliphatic heterocycles. The molecule has 0 spiro atoms. The molecule has 3 N–H and O–H groups in total. The van der Waals surface area contributed by atoms with E-state index in [0.29, 0.717) is 18.8 Å². The zero-order valence-electron chi connectivity index (χ0n) is 12.6. The number of rotatable bonds is 5. The Morgan fingerprint density at radius 2 is 2.10 bits per heavy atom. The number of amides is 1. The number of carbonyl (C=O) groups is 2. The van der Waals surface area contributed by atoms with E-state index >= 15 is 0 Å². The molecule has 1 aromatic heterocycles. The lowest BCUT2D eigenvalue weighted by atomic mass is 9.75. The lowest BCUT2D eigenvalue weighted by molar-refractivity contribution is -0.146. The summed E-state index contributed by atoms with van der Waals surface area (Å²) in [6, 6.07) is 1.67. The third kappa shape index (κ3) is 3.25. The van der Waals surface area contributed by atoms with E-state index in [1.807, 2.05) is 6.92 Å². The van der Waals surface area contributed by atoms with Crippen LogP contribution in [0.25, 0.3) is 0 Å². The molecule has 1 amide bonds. The van der Waals surface area contributed by atoms with E-state index in [4.69, 9.17) is 0 Å². The Labute approximate surface area is 124 Å². The molecule has 1 aliphatic carbocycles. The van der Waals surface area contributed by atoms with Gasteiger partial charge in [0.1, 0.15) is 11.2 Å². The molecule has 0 atom stereocenters. The van der Waals surface area contributed by atoms with Crippen molar-refractivity contribution in [2.45, 2.75) is 57.9 Å². The first-order valence-corrected chi connectivity index (χ1v) is 7.61. The number of hydrogen-bond acceptors (Lipinski definition) is 3. The maximum atomic E-state index is 12.2. The Hall–Kier alpha value is -1.85. The summed E-state index contributed by atoms with van der Waals surface area (Å²) in [6.07, 6.45) is 4.45. The van der Waals surface area contributed by atoms with Gasteiger partial charge in [-0.15, -0.1) is 0 Å². The largest absolute Gasteiger partial charge is 0.480 e. The fraction of sp³-hybridized carbons (Fsp3) is 0.667. The standard InChI is InChI=1S/C15H23N3O3/c1-3-10-5-7-15(8-6-10,14(20)21)16-13(19)12-9-11(4-2)17-18-12/h9-10H,3-8H2,1-2H3,(H,16,19)(H,17,18)(H,20,21). The third-order valence-electron chi connectivity index (χ3n) is 4.54. The van der Waals surface area contributed by atoms with Crippen LogP contribution in [0.4, 0.5) is 0 Å². The molecule has 6 heteroatoms. The van der Waals surface area contributed by atoms with Gasteiger partial charge in [0.25, 0.3) is 5.91 Å². The first kappa shape index (κ1) is 15.5. The summed E-state index contributed by atoms with van der Waals surface area (Å²) in [5.41, 5.74) is -0.0297. The van der Waals surface area contributed by atoms with Crippen molar-refractivity contribution in [3.05, 3.63) is 17.5 Å². The monoisotopic (exact) mass is 293 g/mol. The molecular formula is C15H23N3O3. The molecule has 0 saturated heterocycles. The number of aliphatic carboxylic acids is 1. The van der Waals surface area contributed by atoms with Crippen LogP contribution in [0.15, 0.2) is 6.07 Å². The number of carboxylic acids is 1. The van der Waals surface area contributed by atoms with Gasteiger partial charge in [-0.25, -0.2) is 4.79 Å². The minimum Gasteiger partial charge on any atom is -0.480 e. The fourth-order valence-electron chi connectivity index (χ4n) is 2.91. The van der Waals surface area contributed by atoms with Gasteiger partial charge in [0, 0.05) is 5.69 Å². The number of hydrogen-bond donors (Lipinski definition) is 3. The molecule has 1 fully saturated rings. The van der Waals surface area contributed by atoms with E-state index in [9.17, 15) is 14.7 Å². The molecular weight excluding hydrogens is 270 g/mol. The highest BCUT2D eigenvalue weighted by molar-refractivity contribution is 5.96. The normalized spacial score (nSPS) is 25.5. The summed E-state index contributed by atoms with van der Waals surface area (Å²) in [5, 5.41) is 19.0. The smallest absolute Gasteiger partial charge is 0.329 e. The van der Waals surface area contributed by atoms with Crippen molar-refractivity contribution in [1.29, 1.82) is 0 Å². The summed E-state index contributed by atoms with van der Waals surface area (Å²) in [4.78, 5) is 23.9. The van der Waals surface area contributed by atoms with Gasteiger partial charge in [0.15, 0.2) is 0 Å². The van der Waals surface area contributed by atoms with Crippen molar-refractivity contribution >= 4 is 11.9 Å². The van der Waals surface area contributed by atoms with Gasteiger partial charge >= 0.3 is 5.97 Å². The molecule has 21 heavy (non-hydrogen) atoms. The molecule has 1 saturated carbocycles. The van der Waals surface area contributed by atoms with E-state index in [1.54, 1.807) is 6.07 Å². The lowest BCUT2D eigenvalue weighted by Crippen LogP contribution is -2.56. The van der Waals surface area contributed by atoms with Crippen LogP contribution >= 0.6 is 0 Å². The minimum absolute atomic E-state index is 0.255. The predicted molar refractivity (Wildman–Crippen MR) is 78.0 cm³/mol. The maximum Gasteiger partial charge on any atom is 0.329 e. The van der Waals surface area contributed by atoms with E-state index in [-0.39, 0.29) is 5.69 Å². The highest BCUT2D eigenvalue weighted by Gasteiger charge is 2.43. The fourth-order valence-corrected chi connectivity index (χ4v) is 2.91. The van der Waals surface area contributed by atoms with Crippen molar-refractivity contribution in [3.8, 4) is 0 Å². The van der Waals surface area contributed by atoms with Crippen LogP contribution in [0.1, 0.15) is 62.1 Å². The van der Waals surface area contributed by atoms with Crippen molar-refractivity contribution in [2.75, 3.05) is 0 Å². The number of aromatic nitrogens is 2. The average Bonchev–Trinajstić information content (AvgIpc) is 2.97. The van der Waals surface area contributed by atoms with Gasteiger partial charge in [0.2, 0.25) is 0 Å².